The first-order valence-corrected chi connectivity index (χ1v) is 11.4. The smallest absolute Gasteiger partial charge is 0.243 e. The van der Waals surface area contributed by atoms with Crippen LogP contribution in [0.15, 0.2) is 23.1 Å². The number of carbonyl (C=O) groups excluding carboxylic acids is 1. The van der Waals surface area contributed by atoms with E-state index in [0.29, 0.717) is 50.0 Å². The van der Waals surface area contributed by atoms with Gasteiger partial charge in [-0.1, -0.05) is 43.5 Å². The second-order valence-corrected chi connectivity index (χ2v) is 10.1. The molecule has 150 valence electrons. The number of benzene rings is 1. The zero-order valence-electron chi connectivity index (χ0n) is 15.5. The molecule has 1 spiro atoms. The number of halogens is 2. The molecular weight excluding hydrogens is 409 g/mol. The van der Waals surface area contributed by atoms with E-state index in [2.05, 4.69) is 19.2 Å². The highest BCUT2D eigenvalue weighted by atomic mass is 35.5. The van der Waals surface area contributed by atoms with Gasteiger partial charge in [-0.05, 0) is 37.0 Å². The molecule has 1 aromatic carbocycles. The molecule has 6 nitrogen and oxygen atoms in total. The van der Waals surface area contributed by atoms with Crippen LogP contribution in [-0.4, -0.2) is 55.4 Å². The van der Waals surface area contributed by atoms with Crippen molar-refractivity contribution < 1.29 is 13.2 Å². The lowest BCUT2D eigenvalue weighted by Crippen LogP contribution is -2.59. The first-order valence-electron chi connectivity index (χ1n) is 9.20. The van der Waals surface area contributed by atoms with E-state index in [4.69, 9.17) is 23.2 Å². The van der Waals surface area contributed by atoms with Crippen molar-refractivity contribution in [1.82, 2.24) is 14.5 Å². The highest BCUT2D eigenvalue weighted by molar-refractivity contribution is 7.89. The fraction of sp³-hybridized carbons (Fsp3) is 0.611. The van der Waals surface area contributed by atoms with Crippen molar-refractivity contribution in [2.24, 2.45) is 5.92 Å². The Balaban J connectivity index is 1.75. The number of nitrogens with one attached hydrogen (secondary N) is 1. The molecule has 27 heavy (non-hydrogen) atoms. The van der Waals surface area contributed by atoms with Gasteiger partial charge in [-0.15, -0.1) is 0 Å². The molecule has 0 aliphatic carbocycles. The molecule has 9 heteroatoms. The lowest BCUT2D eigenvalue weighted by molar-refractivity contribution is -0.132. The Morgan fingerprint density at radius 2 is 1.89 bits per heavy atom. The summed E-state index contributed by atoms with van der Waals surface area (Å²) in [5.74, 6) is 0.500. The van der Waals surface area contributed by atoms with Gasteiger partial charge >= 0.3 is 0 Å². The summed E-state index contributed by atoms with van der Waals surface area (Å²) < 4.78 is 27.4. The number of piperidine rings is 1. The number of sulfonamides is 1. The van der Waals surface area contributed by atoms with Crippen LogP contribution in [0, 0.1) is 5.92 Å². The molecule has 1 amide bonds. The van der Waals surface area contributed by atoms with E-state index >= 15 is 0 Å². The standard InChI is InChI=1S/C18H25Cl2N3O3S/c1-3-13(2)12-23-17(24)11-21-18(23)6-8-22(9-7-18)27(25,26)14-4-5-15(19)16(20)10-14/h4-5,10,13,21H,3,6-9,11-12H2,1-2H3/t13-/m0/s1. The second kappa shape index (κ2) is 7.87. The van der Waals surface area contributed by atoms with Gasteiger partial charge < -0.3 is 4.90 Å². The van der Waals surface area contributed by atoms with Gasteiger partial charge in [-0.25, -0.2) is 8.42 Å². The summed E-state index contributed by atoms with van der Waals surface area (Å²) in [6, 6.07) is 4.35. The second-order valence-electron chi connectivity index (χ2n) is 7.38. The van der Waals surface area contributed by atoms with Crippen molar-refractivity contribution in [3.05, 3.63) is 28.2 Å². The monoisotopic (exact) mass is 433 g/mol. The largest absolute Gasteiger partial charge is 0.323 e. The summed E-state index contributed by atoms with van der Waals surface area (Å²) in [5, 5.41) is 3.88. The van der Waals surface area contributed by atoms with Crippen LogP contribution in [0.1, 0.15) is 33.1 Å². The van der Waals surface area contributed by atoms with E-state index in [9.17, 15) is 13.2 Å². The summed E-state index contributed by atoms with van der Waals surface area (Å²) >= 11 is 11.9. The van der Waals surface area contributed by atoms with E-state index in [1.54, 1.807) is 0 Å². The van der Waals surface area contributed by atoms with Crippen molar-refractivity contribution >= 4 is 39.1 Å². The Labute approximate surface area is 170 Å². The van der Waals surface area contributed by atoms with Crippen molar-refractivity contribution in [3.8, 4) is 0 Å². The van der Waals surface area contributed by atoms with Crippen molar-refractivity contribution in [1.29, 1.82) is 0 Å². The maximum Gasteiger partial charge on any atom is 0.243 e. The van der Waals surface area contributed by atoms with Crippen molar-refractivity contribution in [3.63, 3.8) is 0 Å². The third-order valence-electron chi connectivity index (χ3n) is 5.66. The minimum atomic E-state index is -3.65. The Bertz CT molecular complexity index is 823. The Hall–Kier alpha value is -0.860. The summed E-state index contributed by atoms with van der Waals surface area (Å²) in [6.07, 6.45) is 2.13. The Morgan fingerprint density at radius 1 is 1.22 bits per heavy atom. The van der Waals surface area contributed by atoms with E-state index in [-0.39, 0.29) is 15.8 Å². The van der Waals surface area contributed by atoms with Crippen LogP contribution in [0.4, 0.5) is 0 Å². The quantitative estimate of drug-likeness (QED) is 0.774. The normalized spacial score (nSPS) is 21.8. The molecule has 2 fully saturated rings. The summed E-state index contributed by atoms with van der Waals surface area (Å²) in [6.45, 7) is 5.94. The van der Waals surface area contributed by atoms with Crippen LogP contribution in [-0.2, 0) is 14.8 Å². The van der Waals surface area contributed by atoms with E-state index < -0.39 is 15.7 Å². The van der Waals surface area contributed by atoms with Crippen LogP contribution in [0.3, 0.4) is 0 Å². The van der Waals surface area contributed by atoms with Gasteiger partial charge in [0, 0.05) is 19.6 Å². The molecule has 3 rings (SSSR count). The van der Waals surface area contributed by atoms with E-state index in [0.717, 1.165) is 6.42 Å². The maximum atomic E-state index is 12.9. The number of amides is 1. The van der Waals surface area contributed by atoms with E-state index in [1.165, 1.54) is 22.5 Å². The molecule has 1 atom stereocenters. The molecule has 2 saturated heterocycles. The van der Waals surface area contributed by atoms with Crippen LogP contribution in [0.5, 0.6) is 0 Å². The summed E-state index contributed by atoms with van der Waals surface area (Å²) in [7, 11) is -3.65. The predicted molar refractivity (Wildman–Crippen MR) is 106 cm³/mol. The van der Waals surface area contributed by atoms with Crippen LogP contribution < -0.4 is 5.32 Å². The predicted octanol–water partition coefficient (Wildman–Crippen LogP) is 2.95. The fourth-order valence-corrected chi connectivity index (χ4v) is 5.55. The molecule has 1 aromatic rings. The van der Waals surface area contributed by atoms with Gasteiger partial charge in [0.25, 0.3) is 0 Å². The fourth-order valence-electron chi connectivity index (χ4n) is 3.72. The van der Waals surface area contributed by atoms with E-state index in [1.807, 2.05) is 4.90 Å². The lowest BCUT2D eigenvalue weighted by Gasteiger charge is -2.45. The Kier molecular flexibility index (Phi) is 6.08. The SMILES string of the molecule is CC[C@H](C)CN1C(=O)CNC12CCN(S(=O)(=O)c1ccc(Cl)c(Cl)c1)CC2. The summed E-state index contributed by atoms with van der Waals surface area (Å²) in [5.41, 5.74) is -0.440. The molecule has 1 N–H and O–H groups in total. The molecule has 0 bridgehead atoms. The number of hydrogen-bond donors (Lipinski definition) is 1. The first kappa shape index (κ1) is 20.9. The molecule has 2 aliphatic heterocycles. The van der Waals surface area contributed by atoms with Crippen molar-refractivity contribution in [2.75, 3.05) is 26.2 Å². The topological polar surface area (TPSA) is 69.7 Å². The van der Waals surface area contributed by atoms with Gasteiger partial charge in [0.15, 0.2) is 0 Å². The third kappa shape index (κ3) is 3.98. The van der Waals surface area contributed by atoms with Crippen molar-refractivity contribution in [2.45, 2.75) is 43.7 Å². The molecule has 2 aliphatic rings. The van der Waals surface area contributed by atoms with Gasteiger partial charge in [0.1, 0.15) is 0 Å². The molecular formula is C18H25Cl2N3O3S. The molecule has 0 saturated carbocycles. The number of rotatable bonds is 5. The highest BCUT2D eigenvalue weighted by Crippen LogP contribution is 2.34. The molecule has 0 radical (unpaired) electrons. The third-order valence-corrected chi connectivity index (χ3v) is 8.29. The summed E-state index contributed by atoms with van der Waals surface area (Å²) in [4.78, 5) is 14.4. The number of carbonyl (C=O) groups is 1. The minimum Gasteiger partial charge on any atom is -0.323 e. The average Bonchev–Trinajstić information content (AvgIpc) is 2.93. The Morgan fingerprint density at radius 3 is 2.48 bits per heavy atom. The lowest BCUT2D eigenvalue weighted by atomic mass is 9.96. The van der Waals surface area contributed by atoms with Crippen LogP contribution >= 0.6 is 23.2 Å². The zero-order valence-corrected chi connectivity index (χ0v) is 17.9. The number of hydrogen-bond acceptors (Lipinski definition) is 4. The van der Waals surface area contributed by atoms with Gasteiger partial charge in [-0.3, -0.25) is 10.1 Å². The average molecular weight is 434 g/mol. The van der Waals surface area contributed by atoms with Crippen LogP contribution in [0.2, 0.25) is 10.0 Å². The van der Waals surface area contributed by atoms with Crippen LogP contribution in [0.25, 0.3) is 0 Å². The first-order chi connectivity index (χ1) is 12.7. The van der Waals surface area contributed by atoms with Gasteiger partial charge in [0.05, 0.1) is 27.1 Å². The minimum absolute atomic E-state index is 0.0936. The van der Waals surface area contributed by atoms with Gasteiger partial charge in [0.2, 0.25) is 15.9 Å². The molecule has 0 unspecified atom stereocenters. The number of nitrogens with zero attached hydrogens (tertiary/aromatic N) is 2. The highest BCUT2D eigenvalue weighted by Gasteiger charge is 2.48. The zero-order chi connectivity index (χ0) is 19.8. The van der Waals surface area contributed by atoms with Gasteiger partial charge in [-0.2, -0.15) is 4.31 Å². The molecule has 2 heterocycles. The molecule has 0 aromatic heterocycles. The maximum absolute atomic E-state index is 12.9.